The van der Waals surface area contributed by atoms with Crippen LogP contribution in [0.4, 0.5) is 5.69 Å². The second-order valence-electron chi connectivity index (χ2n) is 5.75. The number of pyridine rings is 1. The van der Waals surface area contributed by atoms with Gasteiger partial charge in [0, 0.05) is 12.0 Å². The summed E-state index contributed by atoms with van der Waals surface area (Å²) in [6.45, 7) is 0. The summed E-state index contributed by atoms with van der Waals surface area (Å²) in [5.74, 6) is 0.0800. The van der Waals surface area contributed by atoms with Crippen LogP contribution in [0.1, 0.15) is 25.7 Å². The van der Waals surface area contributed by atoms with E-state index >= 15 is 0 Å². The predicted octanol–water partition coefficient (Wildman–Crippen LogP) is 2.84. The number of hydrogen-bond acceptors (Lipinski definition) is 3. The maximum Gasteiger partial charge on any atom is 0.227 e. The van der Waals surface area contributed by atoms with Crippen molar-refractivity contribution in [1.82, 2.24) is 4.98 Å². The molecule has 2 aliphatic carbocycles. The molecule has 0 saturated heterocycles. The van der Waals surface area contributed by atoms with Crippen LogP contribution in [-0.4, -0.2) is 16.9 Å². The molecular weight excluding hydrogens is 285 g/mol. The Morgan fingerprint density at radius 1 is 1.37 bits per heavy atom. The van der Waals surface area contributed by atoms with E-state index in [9.17, 15) is 4.79 Å². The minimum Gasteiger partial charge on any atom is -0.328 e. The van der Waals surface area contributed by atoms with E-state index in [0.717, 1.165) is 25.7 Å². The van der Waals surface area contributed by atoms with E-state index < -0.39 is 0 Å². The van der Waals surface area contributed by atoms with Gasteiger partial charge in [-0.3, -0.25) is 4.79 Å². The van der Waals surface area contributed by atoms with Gasteiger partial charge in [0.15, 0.2) is 0 Å². The van der Waals surface area contributed by atoms with Gasteiger partial charge in [0.1, 0.15) is 5.15 Å². The fraction of sp³-hybridized carbons (Fsp3) is 0.538. The van der Waals surface area contributed by atoms with Crippen LogP contribution in [-0.2, 0) is 4.79 Å². The van der Waals surface area contributed by atoms with Crippen LogP contribution in [0, 0.1) is 11.3 Å². The first kappa shape index (κ1) is 13.2. The van der Waals surface area contributed by atoms with Crippen molar-refractivity contribution in [1.29, 1.82) is 0 Å². The summed E-state index contributed by atoms with van der Waals surface area (Å²) in [4.78, 5) is 16.0. The average molecular weight is 300 g/mol. The zero-order valence-corrected chi connectivity index (χ0v) is 11.8. The number of carbonyl (C=O) groups is 1. The van der Waals surface area contributed by atoms with Crippen molar-refractivity contribution in [2.24, 2.45) is 17.1 Å². The molecule has 2 fully saturated rings. The lowest BCUT2D eigenvalue weighted by atomic mass is 9.50. The standard InChI is InChI=1S/C13H15Cl2N3O/c14-9-1-11(15)17-6-10(9)18-12(19)7-2-13(3-7)4-8(16)5-13/h1,6-8H,2-5,16H2,(H,18,19). The summed E-state index contributed by atoms with van der Waals surface area (Å²) in [6.07, 6.45) is 5.46. The number of anilines is 1. The number of carbonyl (C=O) groups excluding carboxylic acids is 1. The van der Waals surface area contributed by atoms with Gasteiger partial charge in [-0.05, 0) is 37.2 Å². The van der Waals surface area contributed by atoms with Gasteiger partial charge in [0.25, 0.3) is 0 Å². The molecule has 4 nitrogen and oxygen atoms in total. The summed E-state index contributed by atoms with van der Waals surface area (Å²) in [5, 5.41) is 3.54. The first-order valence-corrected chi connectivity index (χ1v) is 7.11. The normalized spacial score (nSPS) is 32.6. The molecule has 1 heterocycles. The third-order valence-corrected chi connectivity index (χ3v) is 4.72. The Balaban J connectivity index is 1.58. The number of aromatic nitrogens is 1. The van der Waals surface area contributed by atoms with Crippen molar-refractivity contribution in [2.75, 3.05) is 5.32 Å². The zero-order valence-electron chi connectivity index (χ0n) is 10.3. The van der Waals surface area contributed by atoms with Gasteiger partial charge < -0.3 is 11.1 Å². The maximum atomic E-state index is 12.1. The van der Waals surface area contributed by atoms with E-state index in [4.69, 9.17) is 28.9 Å². The number of rotatable bonds is 2. The highest BCUT2D eigenvalue weighted by Crippen LogP contribution is 2.58. The van der Waals surface area contributed by atoms with Crippen LogP contribution in [0.3, 0.4) is 0 Å². The van der Waals surface area contributed by atoms with Gasteiger partial charge in [-0.1, -0.05) is 23.2 Å². The van der Waals surface area contributed by atoms with E-state index in [1.807, 2.05) is 0 Å². The number of nitrogens with zero attached hydrogens (tertiary/aromatic N) is 1. The molecule has 3 N–H and O–H groups in total. The molecule has 1 aromatic heterocycles. The van der Waals surface area contributed by atoms with E-state index in [-0.39, 0.29) is 11.8 Å². The summed E-state index contributed by atoms with van der Waals surface area (Å²) in [7, 11) is 0. The number of amides is 1. The van der Waals surface area contributed by atoms with Gasteiger partial charge in [-0.2, -0.15) is 0 Å². The molecule has 0 aromatic carbocycles. The topological polar surface area (TPSA) is 68.0 Å². The molecule has 1 spiro atoms. The van der Waals surface area contributed by atoms with Crippen molar-refractivity contribution in [3.63, 3.8) is 0 Å². The third-order valence-electron chi connectivity index (χ3n) is 4.20. The summed E-state index contributed by atoms with van der Waals surface area (Å²) >= 11 is 11.7. The van der Waals surface area contributed by atoms with Crippen LogP contribution in [0.15, 0.2) is 12.3 Å². The second kappa shape index (κ2) is 4.62. The lowest BCUT2D eigenvalue weighted by Gasteiger charge is -2.56. The summed E-state index contributed by atoms with van der Waals surface area (Å²) in [6, 6.07) is 1.85. The number of halogens is 2. The SMILES string of the molecule is NC1CC2(C1)CC(C(=O)Nc1cnc(Cl)cc1Cl)C2. The predicted molar refractivity (Wildman–Crippen MR) is 75.3 cm³/mol. The molecule has 2 saturated carbocycles. The van der Waals surface area contributed by atoms with Gasteiger partial charge in [0.2, 0.25) is 5.91 Å². The lowest BCUT2D eigenvalue weighted by Crippen LogP contribution is -2.55. The van der Waals surface area contributed by atoms with E-state index in [1.165, 1.54) is 12.3 Å². The molecule has 1 amide bonds. The highest BCUT2D eigenvalue weighted by atomic mass is 35.5. The molecular formula is C13H15Cl2N3O. The van der Waals surface area contributed by atoms with E-state index in [0.29, 0.717) is 27.3 Å². The van der Waals surface area contributed by atoms with Crippen molar-refractivity contribution >= 4 is 34.8 Å². The number of hydrogen-bond donors (Lipinski definition) is 2. The number of nitrogens with one attached hydrogen (secondary N) is 1. The molecule has 0 bridgehead atoms. The first-order chi connectivity index (χ1) is 8.97. The quantitative estimate of drug-likeness (QED) is 0.825. The minimum absolute atomic E-state index is 0.0112. The molecule has 19 heavy (non-hydrogen) atoms. The fourth-order valence-corrected chi connectivity index (χ4v) is 3.70. The Bertz CT molecular complexity index is 521. The zero-order chi connectivity index (χ0) is 13.6. The maximum absolute atomic E-state index is 12.1. The Kier molecular flexibility index (Phi) is 3.20. The minimum atomic E-state index is 0.0112. The molecule has 0 atom stereocenters. The largest absolute Gasteiger partial charge is 0.328 e. The molecule has 3 rings (SSSR count). The third kappa shape index (κ3) is 2.45. The van der Waals surface area contributed by atoms with Crippen molar-refractivity contribution in [3.05, 3.63) is 22.4 Å². The Hall–Kier alpha value is -0.840. The molecule has 0 radical (unpaired) electrons. The molecule has 6 heteroatoms. The first-order valence-electron chi connectivity index (χ1n) is 6.35. The van der Waals surface area contributed by atoms with E-state index in [1.54, 1.807) is 0 Å². The lowest BCUT2D eigenvalue weighted by molar-refractivity contribution is -0.132. The van der Waals surface area contributed by atoms with Crippen LogP contribution in [0.25, 0.3) is 0 Å². The summed E-state index contributed by atoms with van der Waals surface area (Å²) in [5.41, 5.74) is 6.67. The average Bonchev–Trinajstić information content (AvgIpc) is 2.25. The Labute approximate surface area is 121 Å². The fourth-order valence-electron chi connectivity index (χ4n) is 3.29. The van der Waals surface area contributed by atoms with Crippen molar-refractivity contribution in [2.45, 2.75) is 31.7 Å². The molecule has 2 aliphatic rings. The highest BCUT2D eigenvalue weighted by molar-refractivity contribution is 6.36. The molecule has 102 valence electrons. The molecule has 0 aliphatic heterocycles. The van der Waals surface area contributed by atoms with E-state index in [2.05, 4.69) is 10.3 Å². The molecule has 1 aromatic rings. The monoisotopic (exact) mass is 299 g/mol. The van der Waals surface area contributed by atoms with Gasteiger partial charge in [-0.25, -0.2) is 4.98 Å². The van der Waals surface area contributed by atoms with Crippen LogP contribution >= 0.6 is 23.2 Å². The second-order valence-corrected chi connectivity index (χ2v) is 6.54. The van der Waals surface area contributed by atoms with Crippen LogP contribution in [0.5, 0.6) is 0 Å². The van der Waals surface area contributed by atoms with Crippen molar-refractivity contribution < 1.29 is 4.79 Å². The highest BCUT2D eigenvalue weighted by Gasteiger charge is 2.53. The van der Waals surface area contributed by atoms with Crippen LogP contribution < -0.4 is 11.1 Å². The van der Waals surface area contributed by atoms with Crippen LogP contribution in [0.2, 0.25) is 10.2 Å². The van der Waals surface area contributed by atoms with Gasteiger partial charge in [-0.15, -0.1) is 0 Å². The van der Waals surface area contributed by atoms with Gasteiger partial charge in [0.05, 0.1) is 16.9 Å². The Morgan fingerprint density at radius 3 is 2.63 bits per heavy atom. The Morgan fingerprint density at radius 2 is 2.05 bits per heavy atom. The van der Waals surface area contributed by atoms with Gasteiger partial charge >= 0.3 is 0 Å². The summed E-state index contributed by atoms with van der Waals surface area (Å²) < 4.78 is 0. The number of nitrogens with two attached hydrogens (primary N) is 1. The van der Waals surface area contributed by atoms with Crippen molar-refractivity contribution in [3.8, 4) is 0 Å². The smallest absolute Gasteiger partial charge is 0.227 e. The molecule has 0 unspecified atom stereocenters.